The summed E-state index contributed by atoms with van der Waals surface area (Å²) in [5.74, 6) is -2.98. The topological polar surface area (TPSA) is 54.0 Å². The van der Waals surface area contributed by atoms with Crippen LogP contribution in [0.3, 0.4) is 0 Å². The molecule has 2 aromatic carbocycles. The SMILES string of the molecule is COc1ccc(OC)c(N2CCN(C(=O)Nc3ccc(F)c(F)c3F)CC2)c1. The number of methoxy groups -OCH3 is 2. The molecule has 1 aliphatic rings. The largest absolute Gasteiger partial charge is 0.497 e. The van der Waals surface area contributed by atoms with E-state index in [0.717, 1.165) is 17.8 Å². The molecule has 150 valence electrons. The van der Waals surface area contributed by atoms with Gasteiger partial charge in [-0.2, -0.15) is 0 Å². The summed E-state index contributed by atoms with van der Waals surface area (Å²) in [7, 11) is 3.15. The smallest absolute Gasteiger partial charge is 0.322 e. The normalized spacial score (nSPS) is 14.0. The number of ether oxygens (including phenoxy) is 2. The fourth-order valence-corrected chi connectivity index (χ4v) is 3.01. The van der Waals surface area contributed by atoms with Crippen LogP contribution in [0.1, 0.15) is 0 Å². The molecular formula is C19H20F3N3O3. The molecule has 2 aromatic rings. The maximum absolute atomic E-state index is 13.7. The number of piperazine rings is 1. The number of urea groups is 1. The van der Waals surface area contributed by atoms with E-state index in [1.807, 2.05) is 11.0 Å². The number of carbonyl (C=O) groups excluding carboxylic acids is 1. The molecule has 0 spiro atoms. The van der Waals surface area contributed by atoms with Crippen molar-refractivity contribution in [2.24, 2.45) is 0 Å². The molecule has 3 rings (SSSR count). The minimum atomic E-state index is -1.62. The molecule has 28 heavy (non-hydrogen) atoms. The van der Waals surface area contributed by atoms with Crippen LogP contribution < -0.4 is 19.7 Å². The van der Waals surface area contributed by atoms with E-state index in [1.54, 1.807) is 26.4 Å². The zero-order valence-corrected chi connectivity index (χ0v) is 15.5. The number of hydrogen-bond donors (Lipinski definition) is 1. The molecule has 0 atom stereocenters. The molecular weight excluding hydrogens is 375 g/mol. The average molecular weight is 395 g/mol. The van der Waals surface area contributed by atoms with E-state index in [-0.39, 0.29) is 0 Å². The number of carbonyl (C=O) groups is 1. The number of amides is 2. The first-order chi connectivity index (χ1) is 13.4. The van der Waals surface area contributed by atoms with Crippen LogP contribution in [0.15, 0.2) is 30.3 Å². The van der Waals surface area contributed by atoms with Crippen LogP contribution in [0.4, 0.5) is 29.3 Å². The highest BCUT2D eigenvalue weighted by Gasteiger charge is 2.24. The monoisotopic (exact) mass is 395 g/mol. The second-order valence-corrected chi connectivity index (χ2v) is 6.16. The summed E-state index contributed by atoms with van der Waals surface area (Å²) in [5.41, 5.74) is 0.439. The summed E-state index contributed by atoms with van der Waals surface area (Å²) < 4.78 is 50.7. The molecule has 0 aromatic heterocycles. The van der Waals surface area contributed by atoms with Crippen molar-refractivity contribution in [3.8, 4) is 11.5 Å². The van der Waals surface area contributed by atoms with Crippen LogP contribution in [0.2, 0.25) is 0 Å². The van der Waals surface area contributed by atoms with Crippen LogP contribution in [-0.4, -0.2) is 51.3 Å². The van der Waals surface area contributed by atoms with Crippen molar-refractivity contribution in [1.82, 2.24) is 4.90 Å². The van der Waals surface area contributed by atoms with E-state index in [2.05, 4.69) is 5.32 Å². The van der Waals surface area contributed by atoms with Crippen LogP contribution in [0, 0.1) is 17.5 Å². The second kappa shape index (κ2) is 8.28. The molecule has 2 amide bonds. The highest BCUT2D eigenvalue weighted by atomic mass is 19.2. The lowest BCUT2D eigenvalue weighted by Crippen LogP contribution is -2.50. The average Bonchev–Trinajstić information content (AvgIpc) is 2.73. The number of nitrogens with zero attached hydrogens (tertiary/aromatic N) is 2. The van der Waals surface area contributed by atoms with Crippen molar-refractivity contribution in [2.45, 2.75) is 0 Å². The maximum Gasteiger partial charge on any atom is 0.322 e. The molecule has 9 heteroatoms. The van der Waals surface area contributed by atoms with Crippen LogP contribution in [-0.2, 0) is 0 Å². The Kier molecular flexibility index (Phi) is 5.81. The van der Waals surface area contributed by atoms with E-state index in [4.69, 9.17) is 9.47 Å². The second-order valence-electron chi connectivity index (χ2n) is 6.16. The molecule has 0 unspecified atom stereocenters. The van der Waals surface area contributed by atoms with Gasteiger partial charge in [0, 0.05) is 32.2 Å². The quantitative estimate of drug-likeness (QED) is 0.806. The Hall–Kier alpha value is -3.10. The third kappa shape index (κ3) is 3.92. The van der Waals surface area contributed by atoms with Crippen LogP contribution >= 0.6 is 0 Å². The molecule has 0 radical (unpaired) electrons. The van der Waals surface area contributed by atoms with Crippen molar-refractivity contribution >= 4 is 17.4 Å². The summed E-state index contributed by atoms with van der Waals surface area (Å²) in [6.45, 7) is 1.74. The Bertz CT molecular complexity index is 871. The summed E-state index contributed by atoms with van der Waals surface area (Å²) in [5, 5.41) is 2.29. The predicted octanol–water partition coefficient (Wildman–Crippen LogP) is 3.48. The Balaban J connectivity index is 1.66. The molecule has 6 nitrogen and oxygen atoms in total. The van der Waals surface area contributed by atoms with Gasteiger partial charge in [-0.25, -0.2) is 18.0 Å². The van der Waals surface area contributed by atoms with Crippen LogP contribution in [0.5, 0.6) is 11.5 Å². The van der Waals surface area contributed by atoms with Gasteiger partial charge < -0.3 is 24.6 Å². The van der Waals surface area contributed by atoms with Crippen molar-refractivity contribution in [3.05, 3.63) is 47.8 Å². The van der Waals surface area contributed by atoms with E-state index in [1.165, 1.54) is 4.90 Å². The Morgan fingerprint density at radius 1 is 0.964 bits per heavy atom. The first kappa shape index (κ1) is 19.7. The van der Waals surface area contributed by atoms with Crippen molar-refractivity contribution < 1.29 is 27.4 Å². The van der Waals surface area contributed by atoms with Gasteiger partial charge in [-0.15, -0.1) is 0 Å². The number of benzene rings is 2. The minimum absolute atomic E-state index is 0.359. The molecule has 1 saturated heterocycles. The van der Waals surface area contributed by atoms with Gasteiger partial charge in [0.05, 0.1) is 25.6 Å². The zero-order valence-electron chi connectivity index (χ0n) is 15.5. The first-order valence-corrected chi connectivity index (χ1v) is 8.61. The number of anilines is 2. The summed E-state index contributed by atoms with van der Waals surface area (Å²) in [6, 6.07) is 6.62. The third-order valence-corrected chi connectivity index (χ3v) is 4.57. The number of hydrogen-bond acceptors (Lipinski definition) is 4. The lowest BCUT2D eigenvalue weighted by Gasteiger charge is -2.36. The van der Waals surface area contributed by atoms with E-state index >= 15 is 0 Å². The van der Waals surface area contributed by atoms with Gasteiger partial charge in [-0.3, -0.25) is 0 Å². The fourth-order valence-electron chi connectivity index (χ4n) is 3.01. The number of halogens is 3. The van der Waals surface area contributed by atoms with Gasteiger partial charge in [0.2, 0.25) is 0 Å². The Morgan fingerprint density at radius 2 is 1.68 bits per heavy atom. The maximum atomic E-state index is 13.7. The van der Waals surface area contributed by atoms with Crippen molar-refractivity contribution in [1.29, 1.82) is 0 Å². The summed E-state index contributed by atoms with van der Waals surface area (Å²) in [4.78, 5) is 15.9. The number of rotatable bonds is 4. The highest BCUT2D eigenvalue weighted by Crippen LogP contribution is 2.33. The minimum Gasteiger partial charge on any atom is -0.497 e. The van der Waals surface area contributed by atoms with Gasteiger partial charge in [-0.05, 0) is 24.3 Å². The molecule has 0 bridgehead atoms. The third-order valence-electron chi connectivity index (χ3n) is 4.57. The highest BCUT2D eigenvalue weighted by molar-refractivity contribution is 5.89. The Labute approximate surface area is 160 Å². The fraction of sp³-hybridized carbons (Fsp3) is 0.316. The molecule has 0 saturated carbocycles. The van der Waals surface area contributed by atoms with Gasteiger partial charge in [0.15, 0.2) is 17.5 Å². The van der Waals surface area contributed by atoms with Crippen molar-refractivity contribution in [3.63, 3.8) is 0 Å². The Morgan fingerprint density at radius 3 is 2.32 bits per heavy atom. The van der Waals surface area contributed by atoms with E-state index in [9.17, 15) is 18.0 Å². The van der Waals surface area contributed by atoms with Crippen molar-refractivity contribution in [2.75, 3.05) is 50.6 Å². The summed E-state index contributed by atoms with van der Waals surface area (Å²) >= 11 is 0. The molecule has 1 N–H and O–H groups in total. The lowest BCUT2D eigenvalue weighted by atomic mass is 10.2. The first-order valence-electron chi connectivity index (χ1n) is 8.61. The van der Waals surface area contributed by atoms with E-state index < -0.39 is 29.2 Å². The standard InChI is InChI=1S/C19H20F3N3O3/c1-27-12-3-6-16(28-2)15(11-12)24-7-9-25(10-8-24)19(26)23-14-5-4-13(20)17(21)18(14)22/h3-6,11H,7-10H2,1-2H3,(H,23,26). The molecule has 1 aliphatic heterocycles. The van der Waals surface area contributed by atoms with Gasteiger partial charge >= 0.3 is 6.03 Å². The zero-order chi connectivity index (χ0) is 20.3. The predicted molar refractivity (Wildman–Crippen MR) is 98.7 cm³/mol. The number of nitrogens with one attached hydrogen (secondary N) is 1. The van der Waals surface area contributed by atoms with Gasteiger partial charge in [0.25, 0.3) is 0 Å². The van der Waals surface area contributed by atoms with Gasteiger partial charge in [0.1, 0.15) is 11.5 Å². The molecule has 1 heterocycles. The van der Waals surface area contributed by atoms with E-state index in [0.29, 0.717) is 37.7 Å². The van der Waals surface area contributed by atoms with Gasteiger partial charge in [-0.1, -0.05) is 0 Å². The van der Waals surface area contributed by atoms with Crippen LogP contribution in [0.25, 0.3) is 0 Å². The lowest BCUT2D eigenvalue weighted by molar-refractivity contribution is 0.208. The summed E-state index contributed by atoms with van der Waals surface area (Å²) in [6.07, 6.45) is 0. The molecule has 1 fully saturated rings. The molecule has 0 aliphatic carbocycles.